The lowest BCUT2D eigenvalue weighted by Gasteiger charge is -2.00. The number of benzene rings is 1. The minimum absolute atomic E-state index is 0.0492. The number of fused-ring (bicyclic) bond motifs is 1. The van der Waals surface area contributed by atoms with Crippen LogP contribution in [0.3, 0.4) is 0 Å². The quantitative estimate of drug-likeness (QED) is 0.713. The fourth-order valence-electron chi connectivity index (χ4n) is 1.74. The fraction of sp³-hybridized carbons (Fsp3) is 0.222. The molecule has 0 spiro atoms. The van der Waals surface area contributed by atoms with Crippen molar-refractivity contribution in [3.05, 3.63) is 28.7 Å². The molecule has 7 heteroatoms. The molecule has 16 heavy (non-hydrogen) atoms. The predicted molar refractivity (Wildman–Crippen MR) is 61.2 cm³/mol. The second kappa shape index (κ2) is 3.36. The smallest absolute Gasteiger partial charge is 0.295 e. The molecule has 2 rings (SSSR count). The molecule has 0 radical (unpaired) electrons. The van der Waals surface area contributed by atoms with Crippen LogP contribution in [0.5, 0.6) is 0 Å². The van der Waals surface area contributed by atoms with E-state index in [-0.39, 0.29) is 10.6 Å². The Bertz CT molecular complexity index is 727. The lowest BCUT2D eigenvalue weighted by atomic mass is 10.3. The Kier molecular flexibility index (Phi) is 2.36. The van der Waals surface area contributed by atoms with E-state index in [2.05, 4.69) is 0 Å². The summed E-state index contributed by atoms with van der Waals surface area (Å²) >= 11 is 0. The van der Waals surface area contributed by atoms with Crippen molar-refractivity contribution < 1.29 is 8.42 Å². The van der Waals surface area contributed by atoms with Crippen LogP contribution in [0.4, 0.5) is 0 Å². The van der Waals surface area contributed by atoms with Gasteiger partial charge in [0.2, 0.25) is 0 Å². The van der Waals surface area contributed by atoms with Crippen molar-refractivity contribution in [3.8, 4) is 0 Å². The van der Waals surface area contributed by atoms with Crippen molar-refractivity contribution in [2.45, 2.75) is 4.90 Å². The third-order valence-electron chi connectivity index (χ3n) is 2.51. The van der Waals surface area contributed by atoms with Crippen molar-refractivity contribution in [2.24, 2.45) is 14.1 Å². The second-order valence-electron chi connectivity index (χ2n) is 3.46. The van der Waals surface area contributed by atoms with Gasteiger partial charge in [-0.2, -0.15) is 0 Å². The van der Waals surface area contributed by atoms with Gasteiger partial charge in [-0.3, -0.25) is 9.13 Å². The molecule has 0 saturated heterocycles. The molecule has 0 aliphatic rings. The number of hydrogen-bond acceptors (Lipinski definition) is 3. The average molecular weight is 261 g/mol. The zero-order chi connectivity index (χ0) is 12.1. The van der Waals surface area contributed by atoms with Gasteiger partial charge in [-0.25, -0.2) is 13.2 Å². The summed E-state index contributed by atoms with van der Waals surface area (Å²) < 4.78 is 25.4. The highest BCUT2D eigenvalue weighted by atomic mass is 35.7. The van der Waals surface area contributed by atoms with Gasteiger partial charge in [0.05, 0.1) is 11.0 Å². The fourth-order valence-corrected chi connectivity index (χ4v) is 2.83. The zero-order valence-corrected chi connectivity index (χ0v) is 10.2. The number of para-hydroxylation sites is 1. The Labute approximate surface area is 96.3 Å². The molecule has 0 fully saturated rings. The molecule has 5 nitrogen and oxygen atoms in total. The third-order valence-corrected chi connectivity index (χ3v) is 3.86. The molecule has 0 atom stereocenters. The largest absolute Gasteiger partial charge is 0.328 e. The van der Waals surface area contributed by atoms with E-state index < -0.39 is 9.05 Å². The van der Waals surface area contributed by atoms with Crippen LogP contribution in [0.2, 0.25) is 0 Å². The van der Waals surface area contributed by atoms with E-state index in [1.54, 1.807) is 19.2 Å². The van der Waals surface area contributed by atoms with E-state index in [9.17, 15) is 13.2 Å². The molecule has 0 aliphatic heterocycles. The Hall–Kier alpha value is -1.27. The van der Waals surface area contributed by atoms with Crippen LogP contribution in [0.1, 0.15) is 0 Å². The number of aromatic nitrogens is 2. The van der Waals surface area contributed by atoms with Gasteiger partial charge in [0.15, 0.2) is 0 Å². The maximum Gasteiger partial charge on any atom is 0.328 e. The third kappa shape index (κ3) is 1.45. The van der Waals surface area contributed by atoms with E-state index in [0.29, 0.717) is 11.0 Å². The van der Waals surface area contributed by atoms with Gasteiger partial charge in [0.25, 0.3) is 9.05 Å². The first-order chi connectivity index (χ1) is 7.34. The van der Waals surface area contributed by atoms with Crippen LogP contribution in [0.15, 0.2) is 27.9 Å². The minimum atomic E-state index is -3.86. The van der Waals surface area contributed by atoms with Gasteiger partial charge in [-0.1, -0.05) is 6.07 Å². The SMILES string of the molecule is Cn1c(=O)n(C)c2c(S(=O)(=O)Cl)cccc21. The van der Waals surface area contributed by atoms with Crippen molar-refractivity contribution >= 4 is 30.8 Å². The molecular weight excluding hydrogens is 252 g/mol. The minimum Gasteiger partial charge on any atom is -0.295 e. The molecule has 0 N–H and O–H groups in total. The maximum absolute atomic E-state index is 11.7. The Morgan fingerprint density at radius 2 is 1.81 bits per heavy atom. The van der Waals surface area contributed by atoms with E-state index in [0.717, 1.165) is 0 Å². The summed E-state index contributed by atoms with van der Waals surface area (Å²) in [6.45, 7) is 0. The lowest BCUT2D eigenvalue weighted by molar-refractivity contribution is 0.610. The summed E-state index contributed by atoms with van der Waals surface area (Å²) in [5.74, 6) is 0. The van der Waals surface area contributed by atoms with E-state index in [1.165, 1.54) is 22.2 Å². The Morgan fingerprint density at radius 1 is 1.19 bits per heavy atom. The number of halogens is 1. The number of nitrogens with zero attached hydrogens (tertiary/aromatic N) is 2. The van der Waals surface area contributed by atoms with Gasteiger partial charge < -0.3 is 0 Å². The molecule has 1 aromatic carbocycles. The zero-order valence-electron chi connectivity index (χ0n) is 8.64. The summed E-state index contributed by atoms with van der Waals surface area (Å²) in [4.78, 5) is 11.6. The van der Waals surface area contributed by atoms with Crippen LogP contribution in [0, 0.1) is 0 Å². The summed E-state index contributed by atoms with van der Waals surface area (Å²) in [7, 11) is 4.55. The molecule has 0 bridgehead atoms. The molecule has 86 valence electrons. The average Bonchev–Trinajstić information content (AvgIpc) is 2.43. The normalized spacial score (nSPS) is 12.2. The van der Waals surface area contributed by atoms with Crippen LogP contribution in [0.25, 0.3) is 11.0 Å². The van der Waals surface area contributed by atoms with Gasteiger partial charge in [-0.15, -0.1) is 0 Å². The van der Waals surface area contributed by atoms with Crippen LogP contribution < -0.4 is 5.69 Å². The monoisotopic (exact) mass is 260 g/mol. The van der Waals surface area contributed by atoms with Crippen molar-refractivity contribution in [1.82, 2.24) is 9.13 Å². The first kappa shape index (κ1) is 11.2. The molecule has 1 heterocycles. The summed E-state index contributed by atoms with van der Waals surface area (Å²) in [5, 5.41) is 0. The van der Waals surface area contributed by atoms with E-state index in [4.69, 9.17) is 10.7 Å². The van der Waals surface area contributed by atoms with Crippen LogP contribution in [-0.2, 0) is 23.1 Å². The van der Waals surface area contributed by atoms with Gasteiger partial charge in [0.1, 0.15) is 4.90 Å². The maximum atomic E-state index is 11.7. The van der Waals surface area contributed by atoms with E-state index >= 15 is 0 Å². The number of rotatable bonds is 1. The highest BCUT2D eigenvalue weighted by Crippen LogP contribution is 2.24. The first-order valence-electron chi connectivity index (χ1n) is 4.43. The Balaban J connectivity index is 3.12. The van der Waals surface area contributed by atoms with Crippen molar-refractivity contribution in [2.75, 3.05) is 0 Å². The Morgan fingerprint density at radius 3 is 2.38 bits per heavy atom. The molecular formula is C9H9ClN2O3S. The first-order valence-corrected chi connectivity index (χ1v) is 6.74. The molecule has 1 aromatic heterocycles. The highest BCUT2D eigenvalue weighted by Gasteiger charge is 2.19. The number of aryl methyl sites for hydroxylation is 2. The molecule has 2 aromatic rings. The van der Waals surface area contributed by atoms with Crippen LogP contribution in [-0.4, -0.2) is 17.6 Å². The van der Waals surface area contributed by atoms with Gasteiger partial charge >= 0.3 is 5.69 Å². The summed E-state index contributed by atoms with van der Waals surface area (Å²) in [6.07, 6.45) is 0. The molecule has 0 amide bonds. The number of imidazole rings is 1. The van der Waals surface area contributed by atoms with Crippen molar-refractivity contribution in [1.29, 1.82) is 0 Å². The van der Waals surface area contributed by atoms with Gasteiger partial charge in [-0.05, 0) is 12.1 Å². The lowest BCUT2D eigenvalue weighted by Crippen LogP contribution is -2.19. The molecule has 0 unspecified atom stereocenters. The number of hydrogen-bond donors (Lipinski definition) is 0. The summed E-state index contributed by atoms with van der Waals surface area (Å²) in [5.41, 5.74) is 0.571. The topological polar surface area (TPSA) is 61.1 Å². The molecule has 0 saturated carbocycles. The highest BCUT2D eigenvalue weighted by molar-refractivity contribution is 8.14. The second-order valence-corrected chi connectivity index (χ2v) is 6.00. The van der Waals surface area contributed by atoms with E-state index in [1.807, 2.05) is 0 Å². The van der Waals surface area contributed by atoms with Crippen molar-refractivity contribution in [3.63, 3.8) is 0 Å². The summed E-state index contributed by atoms with van der Waals surface area (Å²) in [6, 6.07) is 4.60. The van der Waals surface area contributed by atoms with Gasteiger partial charge in [0, 0.05) is 24.8 Å². The molecule has 0 aliphatic carbocycles. The standard InChI is InChI=1S/C9H9ClN2O3S/c1-11-6-4-3-5-7(16(10,14)15)8(6)12(2)9(11)13/h3-5H,1-2H3. The predicted octanol–water partition coefficient (Wildman–Crippen LogP) is 0.804. The van der Waals surface area contributed by atoms with Crippen LogP contribution >= 0.6 is 10.7 Å².